The van der Waals surface area contributed by atoms with Crippen molar-refractivity contribution in [2.45, 2.75) is 33.1 Å². The molecule has 23 heavy (non-hydrogen) atoms. The summed E-state index contributed by atoms with van der Waals surface area (Å²) in [6.07, 6.45) is 1.95. The van der Waals surface area contributed by atoms with Gasteiger partial charge in [-0.2, -0.15) is 0 Å². The van der Waals surface area contributed by atoms with Crippen LogP contribution < -0.4 is 5.32 Å². The Morgan fingerprint density at radius 1 is 1.22 bits per heavy atom. The number of likely N-dealkylation sites (tertiary alicyclic amines) is 1. The van der Waals surface area contributed by atoms with Crippen molar-refractivity contribution in [1.29, 1.82) is 0 Å². The van der Waals surface area contributed by atoms with Crippen LogP contribution in [0.3, 0.4) is 0 Å². The van der Waals surface area contributed by atoms with Gasteiger partial charge in [0.25, 0.3) is 0 Å². The van der Waals surface area contributed by atoms with Crippen LogP contribution in [0.15, 0.2) is 18.2 Å². The molecule has 2 amide bonds. The van der Waals surface area contributed by atoms with E-state index in [2.05, 4.69) is 5.32 Å². The van der Waals surface area contributed by atoms with Crippen molar-refractivity contribution in [3.8, 4) is 0 Å². The smallest absolute Gasteiger partial charge is 0.227 e. The lowest BCUT2D eigenvalue weighted by atomic mass is 9.95. The number of nitrogens with zero attached hydrogens (tertiary/aromatic N) is 1. The second-order valence-corrected chi connectivity index (χ2v) is 7.19. The van der Waals surface area contributed by atoms with Crippen LogP contribution in [0.25, 0.3) is 0 Å². The number of rotatable bonds is 4. The number of nitrogens with one attached hydrogen (secondary N) is 1. The summed E-state index contributed by atoms with van der Waals surface area (Å²) in [4.78, 5) is 26.2. The van der Waals surface area contributed by atoms with E-state index in [-0.39, 0.29) is 17.7 Å². The summed E-state index contributed by atoms with van der Waals surface area (Å²) in [5, 5.41) is 3.75. The first-order chi connectivity index (χ1) is 10.9. The topological polar surface area (TPSA) is 49.4 Å². The average Bonchev–Trinajstić information content (AvgIpc) is 2.50. The highest BCUT2D eigenvalue weighted by atomic mass is 35.5. The summed E-state index contributed by atoms with van der Waals surface area (Å²) in [5.41, 5.74) is 0.641. The van der Waals surface area contributed by atoms with Gasteiger partial charge in [-0.25, -0.2) is 0 Å². The molecule has 0 unspecified atom stereocenters. The third kappa shape index (κ3) is 5.11. The van der Waals surface area contributed by atoms with Gasteiger partial charge in [-0.1, -0.05) is 37.0 Å². The number of carbonyl (C=O) groups is 2. The van der Waals surface area contributed by atoms with Crippen molar-refractivity contribution in [1.82, 2.24) is 4.90 Å². The van der Waals surface area contributed by atoms with Gasteiger partial charge in [-0.3, -0.25) is 9.59 Å². The van der Waals surface area contributed by atoms with E-state index in [1.807, 2.05) is 18.7 Å². The molecule has 1 aliphatic heterocycles. The lowest BCUT2D eigenvalue weighted by Gasteiger charge is -2.31. The molecule has 0 aromatic heterocycles. The summed E-state index contributed by atoms with van der Waals surface area (Å²) >= 11 is 11.8. The fourth-order valence-electron chi connectivity index (χ4n) is 2.69. The number of benzene rings is 1. The van der Waals surface area contributed by atoms with E-state index in [0.717, 1.165) is 0 Å². The van der Waals surface area contributed by atoms with Crippen molar-refractivity contribution >= 4 is 40.7 Å². The maximum atomic E-state index is 12.3. The maximum Gasteiger partial charge on any atom is 0.227 e. The van der Waals surface area contributed by atoms with E-state index in [4.69, 9.17) is 23.2 Å². The third-order valence-electron chi connectivity index (χ3n) is 3.99. The van der Waals surface area contributed by atoms with Crippen LogP contribution in [-0.2, 0) is 9.59 Å². The lowest BCUT2D eigenvalue weighted by molar-refractivity contribution is -0.135. The van der Waals surface area contributed by atoms with Gasteiger partial charge in [0.2, 0.25) is 11.8 Å². The molecular formula is C17H22Cl2N2O2. The van der Waals surface area contributed by atoms with Gasteiger partial charge in [-0.05, 0) is 37.0 Å². The first-order valence-electron chi connectivity index (χ1n) is 7.90. The Morgan fingerprint density at radius 2 is 1.87 bits per heavy atom. The number of anilines is 1. The zero-order chi connectivity index (χ0) is 17.0. The molecule has 1 saturated heterocycles. The van der Waals surface area contributed by atoms with Crippen LogP contribution >= 0.6 is 23.2 Å². The Bertz CT molecular complexity index is 582. The molecule has 0 spiro atoms. The number of hydrogen-bond donors (Lipinski definition) is 1. The van der Waals surface area contributed by atoms with Gasteiger partial charge in [0, 0.05) is 31.1 Å². The second kappa shape index (κ2) is 8.02. The summed E-state index contributed by atoms with van der Waals surface area (Å²) in [6.45, 7) is 5.36. The highest BCUT2D eigenvalue weighted by molar-refractivity contribution is 6.42. The largest absolute Gasteiger partial charge is 0.343 e. The summed E-state index contributed by atoms with van der Waals surface area (Å²) in [7, 11) is 0. The number of amides is 2. The van der Waals surface area contributed by atoms with E-state index in [9.17, 15) is 9.59 Å². The van der Waals surface area contributed by atoms with Gasteiger partial charge in [0.15, 0.2) is 0 Å². The Labute approximate surface area is 147 Å². The first kappa shape index (κ1) is 18.1. The highest BCUT2D eigenvalue weighted by Gasteiger charge is 2.27. The first-order valence-corrected chi connectivity index (χ1v) is 8.66. The fourth-order valence-corrected chi connectivity index (χ4v) is 2.99. The van der Waals surface area contributed by atoms with Gasteiger partial charge in [-0.15, -0.1) is 0 Å². The Kier molecular flexibility index (Phi) is 6.31. The van der Waals surface area contributed by atoms with Gasteiger partial charge in [0.05, 0.1) is 10.0 Å². The van der Waals surface area contributed by atoms with Crippen molar-refractivity contribution in [3.63, 3.8) is 0 Å². The molecule has 1 N–H and O–H groups in total. The standard InChI is InChI=1S/C17H22Cl2N2O2/c1-11(2)9-16(22)21-7-5-12(6-8-21)17(23)20-13-3-4-14(18)15(19)10-13/h3-4,10-12H,5-9H2,1-2H3,(H,20,23). The van der Waals surface area contributed by atoms with E-state index in [1.165, 1.54) is 0 Å². The Hall–Kier alpha value is -1.26. The summed E-state index contributed by atoms with van der Waals surface area (Å²) in [6, 6.07) is 5.03. The molecule has 0 atom stereocenters. The maximum absolute atomic E-state index is 12.3. The average molecular weight is 357 g/mol. The Balaban J connectivity index is 1.86. The van der Waals surface area contributed by atoms with E-state index >= 15 is 0 Å². The van der Waals surface area contributed by atoms with Gasteiger partial charge in [0.1, 0.15) is 0 Å². The number of piperidine rings is 1. The fraction of sp³-hybridized carbons (Fsp3) is 0.529. The molecule has 1 aliphatic rings. The molecular weight excluding hydrogens is 335 g/mol. The molecule has 1 aromatic rings. The van der Waals surface area contributed by atoms with Crippen LogP contribution in [-0.4, -0.2) is 29.8 Å². The molecule has 0 bridgehead atoms. The van der Waals surface area contributed by atoms with Gasteiger partial charge < -0.3 is 10.2 Å². The number of carbonyl (C=O) groups excluding carboxylic acids is 2. The van der Waals surface area contributed by atoms with Crippen LogP contribution in [0.1, 0.15) is 33.1 Å². The monoisotopic (exact) mass is 356 g/mol. The molecule has 6 heteroatoms. The van der Waals surface area contributed by atoms with Crippen molar-refractivity contribution in [2.24, 2.45) is 11.8 Å². The number of hydrogen-bond acceptors (Lipinski definition) is 2. The molecule has 0 radical (unpaired) electrons. The van der Waals surface area contributed by atoms with E-state index < -0.39 is 0 Å². The van der Waals surface area contributed by atoms with Crippen LogP contribution in [0.5, 0.6) is 0 Å². The molecule has 4 nitrogen and oxygen atoms in total. The third-order valence-corrected chi connectivity index (χ3v) is 4.73. The second-order valence-electron chi connectivity index (χ2n) is 6.37. The zero-order valence-corrected chi connectivity index (χ0v) is 15.0. The van der Waals surface area contributed by atoms with E-state index in [0.29, 0.717) is 54.0 Å². The van der Waals surface area contributed by atoms with Crippen molar-refractivity contribution < 1.29 is 9.59 Å². The lowest BCUT2D eigenvalue weighted by Crippen LogP contribution is -2.41. The predicted octanol–water partition coefficient (Wildman–Crippen LogP) is 4.22. The zero-order valence-electron chi connectivity index (χ0n) is 13.4. The van der Waals surface area contributed by atoms with Gasteiger partial charge >= 0.3 is 0 Å². The molecule has 0 aliphatic carbocycles. The SMILES string of the molecule is CC(C)CC(=O)N1CCC(C(=O)Nc2ccc(Cl)c(Cl)c2)CC1. The predicted molar refractivity (Wildman–Crippen MR) is 93.9 cm³/mol. The van der Waals surface area contributed by atoms with Crippen molar-refractivity contribution in [2.75, 3.05) is 18.4 Å². The van der Waals surface area contributed by atoms with E-state index in [1.54, 1.807) is 18.2 Å². The van der Waals surface area contributed by atoms with Crippen LogP contribution in [0, 0.1) is 11.8 Å². The summed E-state index contributed by atoms with van der Waals surface area (Å²) < 4.78 is 0. The molecule has 126 valence electrons. The molecule has 1 aromatic carbocycles. The molecule has 1 heterocycles. The van der Waals surface area contributed by atoms with Crippen LogP contribution in [0.2, 0.25) is 10.0 Å². The number of halogens is 2. The highest BCUT2D eigenvalue weighted by Crippen LogP contribution is 2.26. The molecule has 1 fully saturated rings. The molecule has 2 rings (SSSR count). The molecule has 0 saturated carbocycles. The summed E-state index contributed by atoms with van der Waals surface area (Å²) in [5.74, 6) is 0.438. The van der Waals surface area contributed by atoms with Crippen LogP contribution in [0.4, 0.5) is 5.69 Å². The minimum atomic E-state index is -0.0763. The van der Waals surface area contributed by atoms with Crippen molar-refractivity contribution in [3.05, 3.63) is 28.2 Å². The quantitative estimate of drug-likeness (QED) is 0.877. The minimum Gasteiger partial charge on any atom is -0.343 e. The Morgan fingerprint density at radius 3 is 2.43 bits per heavy atom. The minimum absolute atomic E-state index is 0.0284. The normalized spacial score (nSPS) is 15.8.